The SMILES string of the molecule is CC/C=C\C/C=C\C/C=C\C/C=C\C/C=C\CCCCCCCCCC(=O)OCC(COC(=O)CCCCCCC)OC(=O)CCCCCCCC. The third-order valence-corrected chi connectivity index (χ3v) is 8.79. The number of esters is 3. The maximum absolute atomic E-state index is 12.5. The molecule has 298 valence electrons. The van der Waals surface area contributed by atoms with Gasteiger partial charge in [0.2, 0.25) is 0 Å². The monoisotopic (exact) mass is 727 g/mol. The summed E-state index contributed by atoms with van der Waals surface area (Å²) in [6.07, 6.45) is 48.3. The van der Waals surface area contributed by atoms with Gasteiger partial charge in [-0.1, -0.05) is 171 Å². The molecule has 0 heterocycles. The highest BCUT2D eigenvalue weighted by molar-refractivity contribution is 5.71. The molecule has 0 aromatic carbocycles. The molecule has 0 amide bonds. The zero-order chi connectivity index (χ0) is 38.0. The predicted octanol–water partition coefficient (Wildman–Crippen LogP) is 13.4. The Hall–Kier alpha value is -2.89. The van der Waals surface area contributed by atoms with Gasteiger partial charge in [-0.25, -0.2) is 0 Å². The summed E-state index contributed by atoms with van der Waals surface area (Å²) in [6, 6.07) is 0. The van der Waals surface area contributed by atoms with Gasteiger partial charge in [0.25, 0.3) is 0 Å². The van der Waals surface area contributed by atoms with Crippen molar-refractivity contribution in [3.63, 3.8) is 0 Å². The first kappa shape index (κ1) is 49.1. The molecule has 1 atom stereocenters. The van der Waals surface area contributed by atoms with Gasteiger partial charge in [0.15, 0.2) is 6.10 Å². The average Bonchev–Trinajstić information content (AvgIpc) is 3.14. The highest BCUT2D eigenvalue weighted by Gasteiger charge is 2.19. The third kappa shape index (κ3) is 38.3. The molecule has 0 saturated carbocycles. The van der Waals surface area contributed by atoms with E-state index in [2.05, 4.69) is 81.5 Å². The summed E-state index contributed by atoms with van der Waals surface area (Å²) in [7, 11) is 0. The van der Waals surface area contributed by atoms with Gasteiger partial charge in [-0.15, -0.1) is 0 Å². The van der Waals surface area contributed by atoms with Crippen LogP contribution in [-0.4, -0.2) is 37.2 Å². The van der Waals surface area contributed by atoms with Gasteiger partial charge in [-0.05, 0) is 64.2 Å². The first-order chi connectivity index (χ1) is 25.5. The van der Waals surface area contributed by atoms with Gasteiger partial charge in [0, 0.05) is 19.3 Å². The number of hydrogen-bond acceptors (Lipinski definition) is 6. The Kier molecular flexibility index (Phi) is 38.6. The zero-order valence-corrected chi connectivity index (χ0v) is 33.8. The number of carbonyl (C=O) groups excluding carboxylic acids is 3. The fourth-order valence-electron chi connectivity index (χ4n) is 5.58. The maximum Gasteiger partial charge on any atom is 0.306 e. The summed E-state index contributed by atoms with van der Waals surface area (Å²) < 4.78 is 16.5. The molecule has 0 aliphatic carbocycles. The fourth-order valence-corrected chi connectivity index (χ4v) is 5.58. The molecule has 0 bridgehead atoms. The lowest BCUT2D eigenvalue weighted by molar-refractivity contribution is -0.167. The van der Waals surface area contributed by atoms with E-state index in [0.717, 1.165) is 103 Å². The average molecular weight is 727 g/mol. The van der Waals surface area contributed by atoms with E-state index in [1.807, 2.05) is 0 Å². The Bertz CT molecular complexity index is 975. The highest BCUT2D eigenvalue weighted by Crippen LogP contribution is 2.13. The summed E-state index contributed by atoms with van der Waals surface area (Å²) in [5, 5.41) is 0. The van der Waals surface area contributed by atoms with Crippen molar-refractivity contribution < 1.29 is 28.6 Å². The maximum atomic E-state index is 12.5. The molecular formula is C46H78O6. The van der Waals surface area contributed by atoms with Crippen LogP contribution in [0.4, 0.5) is 0 Å². The summed E-state index contributed by atoms with van der Waals surface area (Å²) >= 11 is 0. The smallest absolute Gasteiger partial charge is 0.306 e. The minimum absolute atomic E-state index is 0.0790. The van der Waals surface area contributed by atoms with Gasteiger partial charge in [0.05, 0.1) is 0 Å². The summed E-state index contributed by atoms with van der Waals surface area (Å²) in [6.45, 7) is 6.34. The second-order valence-corrected chi connectivity index (χ2v) is 13.9. The molecule has 52 heavy (non-hydrogen) atoms. The minimum atomic E-state index is -0.768. The highest BCUT2D eigenvalue weighted by atomic mass is 16.6. The molecule has 0 aliphatic heterocycles. The molecule has 6 nitrogen and oxygen atoms in total. The topological polar surface area (TPSA) is 78.9 Å². The van der Waals surface area contributed by atoms with Crippen LogP contribution >= 0.6 is 0 Å². The quantitative estimate of drug-likeness (QED) is 0.0274. The number of hydrogen-bond donors (Lipinski definition) is 0. The van der Waals surface area contributed by atoms with E-state index in [4.69, 9.17) is 14.2 Å². The summed E-state index contributed by atoms with van der Waals surface area (Å²) in [5.74, 6) is -0.921. The van der Waals surface area contributed by atoms with Crippen molar-refractivity contribution >= 4 is 17.9 Å². The van der Waals surface area contributed by atoms with E-state index in [0.29, 0.717) is 19.3 Å². The van der Waals surface area contributed by atoms with Gasteiger partial charge in [-0.3, -0.25) is 14.4 Å². The van der Waals surface area contributed by atoms with Gasteiger partial charge in [0.1, 0.15) is 13.2 Å². The van der Waals surface area contributed by atoms with Crippen LogP contribution in [0.1, 0.15) is 194 Å². The Labute approximate surface area is 320 Å². The van der Waals surface area contributed by atoms with Crippen LogP contribution in [0.3, 0.4) is 0 Å². The fraction of sp³-hybridized carbons (Fsp3) is 0.717. The first-order valence-electron chi connectivity index (χ1n) is 21.3. The second-order valence-electron chi connectivity index (χ2n) is 13.9. The molecule has 0 aliphatic rings. The van der Waals surface area contributed by atoms with Crippen LogP contribution in [0, 0.1) is 0 Å². The third-order valence-electron chi connectivity index (χ3n) is 8.79. The van der Waals surface area contributed by atoms with Crippen LogP contribution in [0.2, 0.25) is 0 Å². The van der Waals surface area contributed by atoms with Crippen LogP contribution in [-0.2, 0) is 28.6 Å². The second kappa shape index (κ2) is 40.9. The molecular weight excluding hydrogens is 649 g/mol. The number of ether oxygens (including phenoxy) is 3. The van der Waals surface area contributed by atoms with E-state index in [1.165, 1.54) is 51.4 Å². The van der Waals surface area contributed by atoms with Crippen molar-refractivity contribution in [3.8, 4) is 0 Å². The molecule has 0 spiro atoms. The molecule has 0 aromatic rings. The Morgan fingerprint density at radius 3 is 1.17 bits per heavy atom. The lowest BCUT2D eigenvalue weighted by Crippen LogP contribution is -2.30. The van der Waals surface area contributed by atoms with Crippen molar-refractivity contribution in [2.75, 3.05) is 13.2 Å². The van der Waals surface area contributed by atoms with E-state index in [-0.39, 0.29) is 31.1 Å². The van der Waals surface area contributed by atoms with E-state index in [1.54, 1.807) is 0 Å². The van der Waals surface area contributed by atoms with Crippen molar-refractivity contribution in [2.24, 2.45) is 0 Å². The van der Waals surface area contributed by atoms with E-state index in [9.17, 15) is 14.4 Å². The number of rotatable bonds is 37. The first-order valence-corrected chi connectivity index (χ1v) is 21.3. The largest absolute Gasteiger partial charge is 0.462 e. The lowest BCUT2D eigenvalue weighted by atomic mass is 10.1. The Morgan fingerprint density at radius 2 is 0.750 bits per heavy atom. The van der Waals surface area contributed by atoms with Crippen molar-refractivity contribution in [3.05, 3.63) is 60.8 Å². The summed E-state index contributed by atoms with van der Waals surface area (Å²) in [4.78, 5) is 37.1. The van der Waals surface area contributed by atoms with Crippen molar-refractivity contribution in [2.45, 2.75) is 200 Å². The van der Waals surface area contributed by atoms with Gasteiger partial charge >= 0.3 is 17.9 Å². The summed E-state index contributed by atoms with van der Waals surface area (Å²) in [5.41, 5.74) is 0. The van der Waals surface area contributed by atoms with E-state index < -0.39 is 6.10 Å². The molecule has 6 heteroatoms. The molecule has 0 radical (unpaired) electrons. The zero-order valence-electron chi connectivity index (χ0n) is 33.8. The number of carbonyl (C=O) groups is 3. The minimum Gasteiger partial charge on any atom is -0.462 e. The molecule has 0 rings (SSSR count). The molecule has 0 aromatic heterocycles. The molecule has 1 unspecified atom stereocenters. The lowest BCUT2D eigenvalue weighted by Gasteiger charge is -2.18. The Balaban J connectivity index is 4.07. The molecule has 0 fully saturated rings. The molecule has 0 saturated heterocycles. The van der Waals surface area contributed by atoms with Crippen molar-refractivity contribution in [1.29, 1.82) is 0 Å². The van der Waals surface area contributed by atoms with Crippen LogP contribution in [0.15, 0.2) is 60.8 Å². The molecule has 0 N–H and O–H groups in total. The number of allylic oxidation sites excluding steroid dienone is 10. The van der Waals surface area contributed by atoms with Gasteiger partial charge < -0.3 is 14.2 Å². The van der Waals surface area contributed by atoms with Crippen molar-refractivity contribution in [1.82, 2.24) is 0 Å². The predicted molar refractivity (Wildman–Crippen MR) is 219 cm³/mol. The van der Waals surface area contributed by atoms with Crippen LogP contribution in [0.25, 0.3) is 0 Å². The normalized spacial score (nSPS) is 12.6. The van der Waals surface area contributed by atoms with Crippen LogP contribution in [0.5, 0.6) is 0 Å². The standard InChI is InChI=1S/C46H78O6/c1-4-7-10-13-15-16-17-18-19-20-21-22-23-24-25-26-27-28-29-30-31-34-36-39-45(48)51-42-43(41-50-44(47)38-35-32-12-9-6-3)52-46(49)40-37-33-14-11-8-5-2/h7,10,15-16,18-19,21-22,24-25,43H,4-6,8-9,11-14,17,20,23,26-42H2,1-3H3/b10-7-,16-15-,19-18-,22-21-,25-24-. The Morgan fingerprint density at radius 1 is 0.404 bits per heavy atom. The van der Waals surface area contributed by atoms with E-state index >= 15 is 0 Å². The van der Waals surface area contributed by atoms with Gasteiger partial charge in [-0.2, -0.15) is 0 Å². The number of unbranched alkanes of at least 4 members (excludes halogenated alkanes) is 16. The van der Waals surface area contributed by atoms with Crippen LogP contribution < -0.4 is 0 Å².